The monoisotopic (exact) mass is 290 g/mol. The smallest absolute Gasteiger partial charge is 0.325 e. The van der Waals surface area contributed by atoms with E-state index in [1.807, 2.05) is 0 Å². The van der Waals surface area contributed by atoms with Crippen LogP contribution in [0.2, 0.25) is 0 Å². The maximum absolute atomic E-state index is 12.1. The molecule has 0 aromatic carbocycles. The van der Waals surface area contributed by atoms with E-state index in [1.54, 1.807) is 6.92 Å². The first-order valence-electron chi connectivity index (χ1n) is 5.30. The van der Waals surface area contributed by atoms with Crippen molar-refractivity contribution < 1.29 is 23.1 Å². The predicted molar refractivity (Wildman–Crippen MR) is 63.5 cm³/mol. The van der Waals surface area contributed by atoms with E-state index in [2.05, 4.69) is 5.10 Å². The summed E-state index contributed by atoms with van der Waals surface area (Å²) in [5.74, 6) is -1.92. The molecule has 9 nitrogen and oxygen atoms in total. The van der Waals surface area contributed by atoms with E-state index in [0.717, 1.165) is 21.4 Å². The lowest BCUT2D eigenvalue weighted by molar-refractivity contribution is -0.137. The highest BCUT2D eigenvalue weighted by Gasteiger charge is 2.26. The first-order valence-corrected chi connectivity index (χ1v) is 6.74. The zero-order valence-corrected chi connectivity index (χ0v) is 11.0. The number of aromatic nitrogens is 2. The molecule has 10 heteroatoms. The van der Waals surface area contributed by atoms with Crippen molar-refractivity contribution in [3.63, 3.8) is 0 Å². The molecule has 1 aromatic rings. The summed E-state index contributed by atoms with van der Waals surface area (Å²) >= 11 is 0. The molecule has 0 aliphatic heterocycles. The fourth-order valence-electron chi connectivity index (χ4n) is 1.39. The van der Waals surface area contributed by atoms with Crippen LogP contribution in [0.4, 0.5) is 0 Å². The molecule has 0 saturated heterocycles. The van der Waals surface area contributed by atoms with Crippen molar-refractivity contribution >= 4 is 21.9 Å². The van der Waals surface area contributed by atoms with Gasteiger partial charge in [-0.25, -0.2) is 8.42 Å². The minimum absolute atomic E-state index is 0.0649. The minimum atomic E-state index is -3.90. The van der Waals surface area contributed by atoms with Crippen molar-refractivity contribution in [3.05, 3.63) is 12.4 Å². The minimum Gasteiger partial charge on any atom is -0.480 e. The molecule has 0 saturated carbocycles. The molecule has 1 rings (SSSR count). The number of hydrogen-bond donors (Lipinski definition) is 2. The van der Waals surface area contributed by atoms with Gasteiger partial charge in [-0.2, -0.15) is 9.40 Å². The van der Waals surface area contributed by atoms with Gasteiger partial charge in [-0.1, -0.05) is 6.92 Å². The molecule has 0 aliphatic carbocycles. The molecule has 0 atom stereocenters. The van der Waals surface area contributed by atoms with Gasteiger partial charge in [0, 0.05) is 12.7 Å². The van der Waals surface area contributed by atoms with E-state index in [4.69, 9.17) is 10.8 Å². The zero-order valence-electron chi connectivity index (χ0n) is 10.2. The van der Waals surface area contributed by atoms with Crippen LogP contribution in [0.1, 0.15) is 6.92 Å². The maximum Gasteiger partial charge on any atom is 0.325 e. The van der Waals surface area contributed by atoms with Crippen LogP contribution in [0.25, 0.3) is 0 Å². The third-order valence-corrected chi connectivity index (χ3v) is 4.10. The number of carboxylic acid groups (broad SMARTS) is 1. The van der Waals surface area contributed by atoms with Gasteiger partial charge in [0.05, 0.1) is 12.7 Å². The Morgan fingerprint density at radius 3 is 2.63 bits per heavy atom. The molecule has 106 valence electrons. The average molecular weight is 290 g/mol. The molecule has 1 amide bonds. The number of likely N-dealkylation sites (N-methyl/N-ethyl adjacent to an activating group) is 1. The number of nitrogens with two attached hydrogens (primary N) is 1. The Morgan fingerprint density at radius 2 is 2.16 bits per heavy atom. The van der Waals surface area contributed by atoms with Gasteiger partial charge >= 0.3 is 5.97 Å². The number of carbonyl (C=O) groups is 2. The molecule has 0 spiro atoms. The number of sulfonamides is 1. The van der Waals surface area contributed by atoms with Crippen molar-refractivity contribution in [3.8, 4) is 0 Å². The van der Waals surface area contributed by atoms with Gasteiger partial charge in [-0.15, -0.1) is 0 Å². The lowest BCUT2D eigenvalue weighted by Crippen LogP contribution is -2.38. The second-order valence-electron chi connectivity index (χ2n) is 3.66. The molecule has 19 heavy (non-hydrogen) atoms. The predicted octanol–water partition coefficient (Wildman–Crippen LogP) is -1.54. The van der Waals surface area contributed by atoms with Crippen LogP contribution in [0, 0.1) is 0 Å². The van der Waals surface area contributed by atoms with Gasteiger partial charge in [0.15, 0.2) is 0 Å². The molecule has 1 aromatic heterocycles. The highest BCUT2D eigenvalue weighted by molar-refractivity contribution is 7.89. The van der Waals surface area contributed by atoms with Crippen molar-refractivity contribution in [2.75, 3.05) is 13.1 Å². The Labute approximate surface area is 109 Å². The van der Waals surface area contributed by atoms with Crippen molar-refractivity contribution in [1.29, 1.82) is 0 Å². The molecule has 0 radical (unpaired) electrons. The summed E-state index contributed by atoms with van der Waals surface area (Å²) in [6, 6.07) is 0. The zero-order chi connectivity index (χ0) is 14.6. The SMILES string of the molecule is CCN(CC(N)=O)S(=O)(=O)c1cnn(CC(=O)O)c1. The summed E-state index contributed by atoms with van der Waals surface area (Å²) in [5, 5.41) is 12.2. The summed E-state index contributed by atoms with van der Waals surface area (Å²) in [6.07, 6.45) is 2.12. The van der Waals surface area contributed by atoms with Crippen molar-refractivity contribution in [2.24, 2.45) is 5.73 Å². The molecule has 0 bridgehead atoms. The van der Waals surface area contributed by atoms with Crippen LogP contribution in [-0.4, -0.2) is 52.6 Å². The summed E-state index contributed by atoms with van der Waals surface area (Å²) in [7, 11) is -3.90. The van der Waals surface area contributed by atoms with Crippen LogP contribution >= 0.6 is 0 Å². The number of carbonyl (C=O) groups excluding carboxylic acids is 1. The van der Waals surface area contributed by atoms with Gasteiger partial charge in [0.25, 0.3) is 0 Å². The lowest BCUT2D eigenvalue weighted by atomic mass is 10.6. The molecular formula is C9H14N4O5S. The van der Waals surface area contributed by atoms with Crippen LogP contribution in [-0.2, 0) is 26.2 Å². The van der Waals surface area contributed by atoms with Crippen molar-refractivity contribution in [2.45, 2.75) is 18.4 Å². The Bertz CT molecular complexity index is 579. The second kappa shape index (κ2) is 5.80. The van der Waals surface area contributed by atoms with Gasteiger partial charge in [-0.05, 0) is 0 Å². The highest BCUT2D eigenvalue weighted by atomic mass is 32.2. The van der Waals surface area contributed by atoms with Crippen LogP contribution in [0.3, 0.4) is 0 Å². The Hall–Kier alpha value is -1.94. The van der Waals surface area contributed by atoms with Crippen LogP contribution in [0.5, 0.6) is 0 Å². The summed E-state index contributed by atoms with van der Waals surface area (Å²) in [6.45, 7) is 0.734. The number of aliphatic carboxylic acids is 1. The number of carboxylic acids is 1. The largest absolute Gasteiger partial charge is 0.480 e. The molecule has 0 aliphatic rings. The number of amides is 1. The quantitative estimate of drug-likeness (QED) is 0.625. The Balaban J connectivity index is 3.01. The maximum atomic E-state index is 12.1. The van der Waals surface area contributed by atoms with Crippen LogP contribution in [0.15, 0.2) is 17.3 Å². The number of nitrogens with zero attached hydrogens (tertiary/aromatic N) is 3. The lowest BCUT2D eigenvalue weighted by Gasteiger charge is -2.17. The fraction of sp³-hybridized carbons (Fsp3) is 0.444. The normalized spacial score (nSPS) is 11.7. The standard InChI is InChI=1S/C9H14N4O5S/c1-2-13(5-8(10)14)19(17,18)7-3-11-12(4-7)6-9(15)16/h3-4H,2,5-6H2,1H3,(H2,10,14)(H,15,16). The average Bonchev–Trinajstić information content (AvgIpc) is 2.73. The highest BCUT2D eigenvalue weighted by Crippen LogP contribution is 2.14. The van der Waals surface area contributed by atoms with E-state index < -0.39 is 35.0 Å². The van der Waals surface area contributed by atoms with Gasteiger partial charge < -0.3 is 10.8 Å². The fourth-order valence-corrected chi connectivity index (χ4v) is 2.76. The number of primary amides is 1. The molecular weight excluding hydrogens is 276 g/mol. The number of hydrogen-bond acceptors (Lipinski definition) is 5. The Kier molecular flexibility index (Phi) is 4.62. The first-order chi connectivity index (χ1) is 8.77. The van der Waals surface area contributed by atoms with Gasteiger partial charge in [-0.3, -0.25) is 14.3 Å². The summed E-state index contributed by atoms with van der Waals surface area (Å²) in [5.41, 5.74) is 4.97. The third kappa shape index (κ3) is 3.76. The summed E-state index contributed by atoms with van der Waals surface area (Å²) < 4.78 is 26.1. The molecule has 1 heterocycles. The Morgan fingerprint density at radius 1 is 1.53 bits per heavy atom. The van der Waals surface area contributed by atoms with Gasteiger partial charge in [0.2, 0.25) is 15.9 Å². The van der Waals surface area contributed by atoms with Crippen LogP contribution < -0.4 is 5.73 Å². The molecule has 3 N–H and O–H groups in total. The second-order valence-corrected chi connectivity index (χ2v) is 5.60. The molecule has 0 fully saturated rings. The van der Waals surface area contributed by atoms with Gasteiger partial charge in [0.1, 0.15) is 11.4 Å². The topological polar surface area (TPSA) is 136 Å². The third-order valence-electron chi connectivity index (χ3n) is 2.23. The number of rotatable bonds is 7. The first kappa shape index (κ1) is 15.1. The van der Waals surface area contributed by atoms with E-state index in [9.17, 15) is 18.0 Å². The van der Waals surface area contributed by atoms with E-state index in [-0.39, 0.29) is 11.4 Å². The van der Waals surface area contributed by atoms with Crippen molar-refractivity contribution in [1.82, 2.24) is 14.1 Å². The van der Waals surface area contributed by atoms with E-state index >= 15 is 0 Å². The summed E-state index contributed by atoms with van der Waals surface area (Å²) in [4.78, 5) is 21.1. The molecule has 0 unspecified atom stereocenters. The van der Waals surface area contributed by atoms with E-state index in [0.29, 0.717) is 0 Å². The van der Waals surface area contributed by atoms with E-state index in [1.165, 1.54) is 0 Å².